The molecule has 2 N–H and O–H groups in total. The van der Waals surface area contributed by atoms with Gasteiger partial charge in [0.1, 0.15) is 11.5 Å². The molecule has 0 atom stereocenters. The highest BCUT2D eigenvalue weighted by atomic mass is 32.2. The van der Waals surface area contributed by atoms with Crippen LogP contribution in [0.4, 0.5) is 5.69 Å². The lowest BCUT2D eigenvalue weighted by molar-refractivity contribution is -0.111. The number of nitrogens with one attached hydrogen (secondary N) is 1. The van der Waals surface area contributed by atoms with Crippen molar-refractivity contribution >= 4 is 27.5 Å². The quantitative estimate of drug-likeness (QED) is 0.583. The fourth-order valence-electron chi connectivity index (χ4n) is 2.62. The minimum absolute atomic E-state index is 0.0438. The molecule has 0 aliphatic rings. The molecule has 7 heteroatoms. The summed E-state index contributed by atoms with van der Waals surface area (Å²) >= 11 is 0. The van der Waals surface area contributed by atoms with Crippen molar-refractivity contribution in [2.75, 3.05) is 18.2 Å². The number of amides is 1. The molecule has 0 saturated carbocycles. The second kappa shape index (κ2) is 8.26. The van der Waals surface area contributed by atoms with Gasteiger partial charge in [0.25, 0.3) is 0 Å². The van der Waals surface area contributed by atoms with Gasteiger partial charge in [0.05, 0.1) is 23.4 Å². The summed E-state index contributed by atoms with van der Waals surface area (Å²) in [5.41, 5.74) is 2.84. The number of rotatable bonds is 6. The van der Waals surface area contributed by atoms with Crippen LogP contribution >= 0.6 is 0 Å². The Morgan fingerprint density at radius 3 is 2.37 bits per heavy atom. The van der Waals surface area contributed by atoms with Crippen molar-refractivity contribution < 1.29 is 23.1 Å². The van der Waals surface area contributed by atoms with Crippen molar-refractivity contribution in [2.45, 2.75) is 25.7 Å². The number of carbonyl (C=O) groups is 1. The standard InChI is InChI=1S/C20H23NO5S/c1-5-27(24,25)16-6-8-19(22)18(12-16)21-20(23)9-7-17-13(2)10-15(26-4)11-14(17)3/h6-12,22H,5H2,1-4H3,(H,21,23)/b9-7+. The Balaban J connectivity index is 2.24. The number of aryl methyl sites for hydroxylation is 2. The van der Waals surface area contributed by atoms with Crippen molar-refractivity contribution in [1.29, 1.82) is 0 Å². The number of aromatic hydroxyl groups is 1. The second-order valence-electron chi connectivity index (χ2n) is 6.08. The van der Waals surface area contributed by atoms with Crippen molar-refractivity contribution in [3.05, 3.63) is 53.1 Å². The summed E-state index contributed by atoms with van der Waals surface area (Å²) in [5.74, 6) is -0.0128. The highest BCUT2D eigenvalue weighted by Crippen LogP contribution is 2.27. The number of phenols is 1. The minimum atomic E-state index is -3.44. The molecule has 0 aliphatic carbocycles. The van der Waals surface area contributed by atoms with Crippen molar-refractivity contribution in [2.24, 2.45) is 0 Å². The van der Waals surface area contributed by atoms with E-state index in [1.54, 1.807) is 13.2 Å². The summed E-state index contributed by atoms with van der Waals surface area (Å²) in [6.07, 6.45) is 3.01. The van der Waals surface area contributed by atoms with Crippen LogP contribution in [-0.2, 0) is 14.6 Å². The number of methoxy groups -OCH3 is 1. The molecule has 2 rings (SSSR count). The zero-order valence-electron chi connectivity index (χ0n) is 15.7. The minimum Gasteiger partial charge on any atom is -0.506 e. The lowest BCUT2D eigenvalue weighted by atomic mass is 10.0. The Morgan fingerprint density at radius 2 is 1.81 bits per heavy atom. The van der Waals surface area contributed by atoms with Crippen LogP contribution < -0.4 is 10.1 Å². The maximum Gasteiger partial charge on any atom is 0.248 e. The molecular formula is C20H23NO5S. The Labute approximate surface area is 159 Å². The second-order valence-corrected chi connectivity index (χ2v) is 8.36. The number of benzene rings is 2. The third kappa shape index (κ3) is 4.89. The lowest BCUT2D eigenvalue weighted by Crippen LogP contribution is -2.10. The molecule has 6 nitrogen and oxygen atoms in total. The summed E-state index contributed by atoms with van der Waals surface area (Å²) in [6.45, 7) is 5.36. The summed E-state index contributed by atoms with van der Waals surface area (Å²) < 4.78 is 29.2. The number of hydrogen-bond donors (Lipinski definition) is 2. The van der Waals surface area contributed by atoms with Crippen LogP contribution in [0.2, 0.25) is 0 Å². The average Bonchev–Trinajstić information content (AvgIpc) is 2.62. The van der Waals surface area contributed by atoms with E-state index in [1.807, 2.05) is 26.0 Å². The highest BCUT2D eigenvalue weighted by Gasteiger charge is 2.15. The van der Waals surface area contributed by atoms with Gasteiger partial charge in [0, 0.05) is 6.08 Å². The van der Waals surface area contributed by atoms with E-state index in [4.69, 9.17) is 4.74 Å². The third-order valence-corrected chi connectivity index (χ3v) is 5.90. The molecule has 0 unspecified atom stereocenters. The van der Waals surface area contributed by atoms with Gasteiger partial charge in [-0.3, -0.25) is 4.79 Å². The third-order valence-electron chi connectivity index (χ3n) is 4.17. The largest absolute Gasteiger partial charge is 0.506 e. The fraction of sp³-hybridized carbons (Fsp3) is 0.250. The number of ether oxygens (including phenoxy) is 1. The van der Waals surface area contributed by atoms with Crippen LogP contribution in [0.1, 0.15) is 23.6 Å². The topological polar surface area (TPSA) is 92.7 Å². The SMILES string of the molecule is CCS(=O)(=O)c1ccc(O)c(NC(=O)/C=C/c2c(C)cc(OC)cc2C)c1. The van der Waals surface area contributed by atoms with E-state index in [-0.39, 0.29) is 22.1 Å². The van der Waals surface area contributed by atoms with Crippen LogP contribution in [0.15, 0.2) is 41.3 Å². The molecule has 0 heterocycles. The Hall–Kier alpha value is -2.80. The Bertz CT molecular complexity index is 970. The monoisotopic (exact) mass is 389 g/mol. The van der Waals surface area contributed by atoms with Gasteiger partial charge in [-0.1, -0.05) is 6.92 Å². The van der Waals surface area contributed by atoms with E-state index in [9.17, 15) is 18.3 Å². The fourth-order valence-corrected chi connectivity index (χ4v) is 3.53. The average molecular weight is 389 g/mol. The van der Waals surface area contributed by atoms with E-state index >= 15 is 0 Å². The maximum absolute atomic E-state index is 12.2. The van der Waals surface area contributed by atoms with E-state index in [0.29, 0.717) is 0 Å². The predicted molar refractivity (Wildman–Crippen MR) is 106 cm³/mol. The number of anilines is 1. The summed E-state index contributed by atoms with van der Waals surface area (Å²) in [5, 5.41) is 12.4. The van der Waals surface area contributed by atoms with Gasteiger partial charge in [-0.05, 0) is 66.9 Å². The first-order valence-corrected chi connectivity index (χ1v) is 10.0. The molecule has 0 bridgehead atoms. The highest BCUT2D eigenvalue weighted by molar-refractivity contribution is 7.91. The Kier molecular flexibility index (Phi) is 6.28. The van der Waals surface area contributed by atoms with Crippen molar-refractivity contribution in [1.82, 2.24) is 0 Å². The molecule has 27 heavy (non-hydrogen) atoms. The molecule has 0 spiro atoms. The van der Waals surface area contributed by atoms with Crippen LogP contribution in [-0.4, -0.2) is 32.3 Å². The van der Waals surface area contributed by atoms with Crippen molar-refractivity contribution in [3.8, 4) is 11.5 Å². The molecule has 1 amide bonds. The molecule has 144 valence electrons. The van der Waals surface area contributed by atoms with Gasteiger partial charge >= 0.3 is 0 Å². The first kappa shape index (κ1) is 20.5. The summed E-state index contributed by atoms with van der Waals surface area (Å²) in [7, 11) is -1.84. The first-order chi connectivity index (χ1) is 12.7. The summed E-state index contributed by atoms with van der Waals surface area (Å²) in [6, 6.07) is 7.55. The number of sulfone groups is 1. The normalized spacial score (nSPS) is 11.6. The van der Waals surface area contributed by atoms with E-state index in [2.05, 4.69) is 5.32 Å². The van der Waals surface area contributed by atoms with Crippen molar-refractivity contribution in [3.63, 3.8) is 0 Å². The number of hydrogen-bond acceptors (Lipinski definition) is 5. The van der Waals surface area contributed by atoms with E-state index in [1.165, 1.54) is 31.2 Å². The van der Waals surface area contributed by atoms with Gasteiger partial charge in [-0.25, -0.2) is 8.42 Å². The molecule has 0 fully saturated rings. The Morgan fingerprint density at radius 1 is 1.19 bits per heavy atom. The summed E-state index contributed by atoms with van der Waals surface area (Å²) in [4.78, 5) is 12.3. The zero-order valence-corrected chi connectivity index (χ0v) is 16.6. The number of carbonyl (C=O) groups excluding carboxylic acids is 1. The maximum atomic E-state index is 12.2. The molecule has 2 aromatic rings. The molecule has 2 aromatic carbocycles. The lowest BCUT2D eigenvalue weighted by Gasteiger charge is -2.10. The van der Waals surface area contributed by atoms with Crippen LogP contribution in [0.25, 0.3) is 6.08 Å². The van der Waals surface area contributed by atoms with Crippen LogP contribution in [0, 0.1) is 13.8 Å². The first-order valence-electron chi connectivity index (χ1n) is 8.38. The van der Waals surface area contributed by atoms with Gasteiger partial charge in [-0.15, -0.1) is 0 Å². The van der Waals surface area contributed by atoms with Gasteiger partial charge < -0.3 is 15.2 Å². The van der Waals surface area contributed by atoms with Gasteiger partial charge in [0.15, 0.2) is 9.84 Å². The van der Waals surface area contributed by atoms with Gasteiger partial charge in [-0.2, -0.15) is 0 Å². The zero-order chi connectivity index (χ0) is 20.2. The van der Waals surface area contributed by atoms with Crippen LogP contribution in [0.3, 0.4) is 0 Å². The van der Waals surface area contributed by atoms with E-state index < -0.39 is 15.7 Å². The molecule has 0 saturated heterocycles. The molecule has 0 radical (unpaired) electrons. The van der Waals surface area contributed by atoms with E-state index in [0.717, 1.165) is 22.4 Å². The van der Waals surface area contributed by atoms with Gasteiger partial charge in [0.2, 0.25) is 5.91 Å². The van der Waals surface area contributed by atoms with Crippen LogP contribution in [0.5, 0.6) is 11.5 Å². The molecule has 0 aliphatic heterocycles. The molecular weight excluding hydrogens is 366 g/mol. The smallest absolute Gasteiger partial charge is 0.248 e. The number of phenolic OH excluding ortho intramolecular Hbond substituents is 1. The predicted octanol–water partition coefficient (Wildman–Crippen LogP) is 3.46. The molecule has 0 aromatic heterocycles.